The van der Waals surface area contributed by atoms with Gasteiger partial charge in [0.15, 0.2) is 16.2 Å². The largest absolute Gasteiger partial charge is 0.481 e. The molecule has 0 aromatic carbocycles. The first-order valence-electron chi connectivity index (χ1n) is 6.10. The van der Waals surface area contributed by atoms with Gasteiger partial charge >= 0.3 is 0 Å². The third-order valence-corrected chi connectivity index (χ3v) is 3.25. The van der Waals surface area contributed by atoms with Gasteiger partial charge in [0.2, 0.25) is 11.8 Å². The van der Waals surface area contributed by atoms with E-state index in [-0.39, 0.29) is 0 Å². The van der Waals surface area contributed by atoms with Gasteiger partial charge in [0.05, 0.1) is 12.6 Å². The number of aromatic nitrogens is 5. The minimum Gasteiger partial charge on any atom is -0.481 e. The summed E-state index contributed by atoms with van der Waals surface area (Å²) in [6, 6.07) is 3.69. The number of methoxy groups -OCH3 is 1. The minimum absolute atomic E-state index is 0.552. The van der Waals surface area contributed by atoms with Crippen LogP contribution in [0.5, 0.6) is 5.88 Å². The van der Waals surface area contributed by atoms with Crippen LogP contribution in [-0.4, -0.2) is 31.8 Å². The van der Waals surface area contributed by atoms with Crippen molar-refractivity contribution in [3.63, 3.8) is 0 Å². The summed E-state index contributed by atoms with van der Waals surface area (Å²) in [5.41, 5.74) is 1.63. The molecular formula is C12H13N5O2S. The molecule has 0 saturated heterocycles. The van der Waals surface area contributed by atoms with E-state index in [1.165, 1.54) is 0 Å². The lowest BCUT2D eigenvalue weighted by Gasteiger charge is -2.03. The molecule has 0 fully saturated rings. The van der Waals surface area contributed by atoms with Gasteiger partial charge in [0.1, 0.15) is 0 Å². The number of pyridine rings is 1. The molecule has 7 nitrogen and oxygen atoms in total. The molecule has 20 heavy (non-hydrogen) atoms. The summed E-state index contributed by atoms with van der Waals surface area (Å²) in [5.74, 6) is 1.76. The zero-order valence-corrected chi connectivity index (χ0v) is 11.9. The van der Waals surface area contributed by atoms with E-state index in [9.17, 15) is 0 Å². The van der Waals surface area contributed by atoms with Crippen LogP contribution in [0.15, 0.2) is 16.7 Å². The molecule has 0 aliphatic rings. The summed E-state index contributed by atoms with van der Waals surface area (Å²) in [5, 5.41) is 3.87. The molecule has 0 saturated carbocycles. The summed E-state index contributed by atoms with van der Waals surface area (Å²) in [6.45, 7) is 2.39. The molecule has 8 heteroatoms. The van der Waals surface area contributed by atoms with Crippen LogP contribution in [0.4, 0.5) is 0 Å². The first kappa shape index (κ1) is 12.8. The Balaban J connectivity index is 1.93. The molecule has 3 heterocycles. The van der Waals surface area contributed by atoms with Crippen molar-refractivity contribution >= 4 is 23.4 Å². The quantitative estimate of drug-likeness (QED) is 0.741. The number of ether oxygens (including phenoxy) is 1. The van der Waals surface area contributed by atoms with Crippen molar-refractivity contribution in [1.82, 2.24) is 24.7 Å². The van der Waals surface area contributed by atoms with Crippen LogP contribution in [0.2, 0.25) is 0 Å². The second-order valence-corrected chi connectivity index (χ2v) is 4.67. The SMILES string of the molecule is COc1ccc2[nH]c(=S)n(CCc3noc(C)n3)c2n1. The standard InChI is InChI=1S/C12H13N5O2S/c1-7-13-9(16-19-7)5-6-17-11-8(14-12(17)20)3-4-10(15-11)18-2/h3-4H,5-6H2,1-2H3,(H,14,20). The Bertz CT molecular complexity index is 804. The molecule has 0 aliphatic heterocycles. The fraction of sp³-hybridized carbons (Fsp3) is 0.333. The lowest BCUT2D eigenvalue weighted by atomic mass is 10.4. The Morgan fingerprint density at radius 1 is 1.40 bits per heavy atom. The van der Waals surface area contributed by atoms with Gasteiger partial charge in [-0.15, -0.1) is 0 Å². The fourth-order valence-corrected chi connectivity index (χ4v) is 2.28. The highest BCUT2D eigenvalue weighted by Gasteiger charge is 2.09. The van der Waals surface area contributed by atoms with Gasteiger partial charge in [0.25, 0.3) is 0 Å². The van der Waals surface area contributed by atoms with Gasteiger partial charge in [-0.1, -0.05) is 5.16 Å². The average Bonchev–Trinajstić information content (AvgIpc) is 2.98. The molecule has 3 rings (SSSR count). The van der Waals surface area contributed by atoms with E-state index in [4.69, 9.17) is 21.5 Å². The molecule has 0 radical (unpaired) electrons. The van der Waals surface area contributed by atoms with E-state index in [2.05, 4.69) is 20.1 Å². The van der Waals surface area contributed by atoms with Crippen molar-refractivity contribution in [2.24, 2.45) is 0 Å². The summed E-state index contributed by atoms with van der Waals surface area (Å²) in [4.78, 5) is 11.7. The summed E-state index contributed by atoms with van der Waals surface area (Å²) < 4.78 is 12.6. The van der Waals surface area contributed by atoms with Crippen LogP contribution in [-0.2, 0) is 13.0 Å². The number of fused-ring (bicyclic) bond motifs is 1. The van der Waals surface area contributed by atoms with Gasteiger partial charge in [-0.2, -0.15) is 9.97 Å². The Morgan fingerprint density at radius 3 is 2.95 bits per heavy atom. The molecule has 0 unspecified atom stereocenters. The van der Waals surface area contributed by atoms with Crippen LogP contribution >= 0.6 is 12.2 Å². The van der Waals surface area contributed by atoms with E-state index in [1.54, 1.807) is 20.1 Å². The number of nitrogens with zero attached hydrogens (tertiary/aromatic N) is 4. The zero-order valence-electron chi connectivity index (χ0n) is 11.1. The molecule has 1 N–H and O–H groups in total. The number of imidazole rings is 1. The van der Waals surface area contributed by atoms with Gasteiger partial charge in [-0.3, -0.25) is 0 Å². The number of rotatable bonds is 4. The summed E-state index contributed by atoms with van der Waals surface area (Å²) in [6.07, 6.45) is 0.623. The molecule has 0 aliphatic carbocycles. The van der Waals surface area contributed by atoms with Crippen molar-refractivity contribution in [2.75, 3.05) is 7.11 Å². The Labute approximate surface area is 119 Å². The first-order chi connectivity index (χ1) is 9.67. The van der Waals surface area contributed by atoms with Crippen molar-refractivity contribution in [2.45, 2.75) is 19.9 Å². The van der Waals surface area contributed by atoms with E-state index >= 15 is 0 Å². The number of aryl methyl sites for hydroxylation is 3. The highest BCUT2D eigenvalue weighted by molar-refractivity contribution is 7.71. The molecule has 0 atom stereocenters. The van der Waals surface area contributed by atoms with Gasteiger partial charge < -0.3 is 18.8 Å². The number of hydrogen-bond donors (Lipinski definition) is 1. The molecule has 3 aromatic rings. The van der Waals surface area contributed by atoms with E-state index < -0.39 is 0 Å². The summed E-state index contributed by atoms with van der Waals surface area (Å²) >= 11 is 5.32. The van der Waals surface area contributed by atoms with Crippen LogP contribution in [0.25, 0.3) is 11.2 Å². The highest BCUT2D eigenvalue weighted by Crippen LogP contribution is 2.16. The van der Waals surface area contributed by atoms with Crippen LogP contribution in [0.1, 0.15) is 11.7 Å². The van der Waals surface area contributed by atoms with Gasteiger partial charge in [-0.25, -0.2) is 0 Å². The van der Waals surface area contributed by atoms with Crippen molar-refractivity contribution in [3.05, 3.63) is 28.6 Å². The second kappa shape index (κ2) is 5.04. The smallest absolute Gasteiger partial charge is 0.223 e. The normalized spacial score (nSPS) is 11.1. The van der Waals surface area contributed by atoms with Crippen LogP contribution in [0, 0.1) is 11.7 Å². The van der Waals surface area contributed by atoms with Gasteiger partial charge in [-0.05, 0) is 18.3 Å². The lowest BCUT2D eigenvalue weighted by molar-refractivity contribution is 0.386. The van der Waals surface area contributed by atoms with Crippen LogP contribution in [0.3, 0.4) is 0 Å². The van der Waals surface area contributed by atoms with Crippen molar-refractivity contribution in [3.8, 4) is 5.88 Å². The number of H-pyrrole nitrogens is 1. The molecular weight excluding hydrogens is 278 g/mol. The van der Waals surface area contributed by atoms with Gasteiger partial charge in [0, 0.05) is 26.0 Å². The number of aromatic amines is 1. The maximum Gasteiger partial charge on any atom is 0.223 e. The Kier molecular flexibility index (Phi) is 3.23. The average molecular weight is 291 g/mol. The molecule has 0 bridgehead atoms. The van der Waals surface area contributed by atoms with Crippen LogP contribution < -0.4 is 4.74 Å². The predicted molar refractivity (Wildman–Crippen MR) is 74.2 cm³/mol. The maximum absolute atomic E-state index is 5.32. The van der Waals surface area contributed by atoms with E-state index in [0.717, 1.165) is 11.2 Å². The van der Waals surface area contributed by atoms with Crippen molar-refractivity contribution in [1.29, 1.82) is 0 Å². The number of nitrogens with one attached hydrogen (secondary N) is 1. The second-order valence-electron chi connectivity index (χ2n) is 4.29. The zero-order chi connectivity index (χ0) is 14.1. The molecule has 3 aromatic heterocycles. The van der Waals surface area contributed by atoms with E-state index in [1.807, 2.05) is 10.6 Å². The third kappa shape index (κ3) is 2.29. The predicted octanol–water partition coefficient (Wildman–Crippen LogP) is 2.04. The monoisotopic (exact) mass is 291 g/mol. The maximum atomic E-state index is 5.32. The fourth-order valence-electron chi connectivity index (χ4n) is 1.99. The lowest BCUT2D eigenvalue weighted by Crippen LogP contribution is -2.04. The Hall–Kier alpha value is -2.22. The molecule has 104 valence electrons. The summed E-state index contributed by atoms with van der Waals surface area (Å²) in [7, 11) is 1.59. The number of hydrogen-bond acceptors (Lipinski definition) is 6. The highest BCUT2D eigenvalue weighted by atomic mass is 32.1. The Morgan fingerprint density at radius 2 is 2.25 bits per heavy atom. The molecule has 0 amide bonds. The minimum atomic E-state index is 0.552. The van der Waals surface area contributed by atoms with Crippen molar-refractivity contribution < 1.29 is 9.26 Å². The molecule has 0 spiro atoms. The third-order valence-electron chi connectivity index (χ3n) is 2.93. The van der Waals surface area contributed by atoms with E-state index in [0.29, 0.717) is 35.3 Å². The first-order valence-corrected chi connectivity index (χ1v) is 6.51. The topological polar surface area (TPSA) is 81.8 Å².